The van der Waals surface area contributed by atoms with Crippen LogP contribution in [0.4, 0.5) is 0 Å². The van der Waals surface area contributed by atoms with Gasteiger partial charge in [0.1, 0.15) is 0 Å². The zero-order valence-corrected chi connectivity index (χ0v) is 13.4. The van der Waals surface area contributed by atoms with Gasteiger partial charge in [-0.1, -0.05) is 26.2 Å². The first-order chi connectivity index (χ1) is 9.85. The summed E-state index contributed by atoms with van der Waals surface area (Å²) < 4.78 is 11.7. The van der Waals surface area contributed by atoms with Crippen molar-refractivity contribution >= 4 is 0 Å². The maximum absolute atomic E-state index is 5.92. The minimum Gasteiger partial charge on any atom is -0.380 e. The fourth-order valence-electron chi connectivity index (χ4n) is 4.03. The molecule has 1 aliphatic heterocycles. The van der Waals surface area contributed by atoms with Crippen LogP contribution in [-0.2, 0) is 9.47 Å². The van der Waals surface area contributed by atoms with Gasteiger partial charge in [-0.2, -0.15) is 0 Å². The first-order valence-electron chi connectivity index (χ1n) is 8.73. The zero-order valence-electron chi connectivity index (χ0n) is 13.4. The Balaban J connectivity index is 1.85. The Morgan fingerprint density at radius 1 is 1.15 bits per heavy atom. The van der Waals surface area contributed by atoms with Crippen LogP contribution >= 0.6 is 0 Å². The molecule has 3 unspecified atom stereocenters. The van der Waals surface area contributed by atoms with Crippen molar-refractivity contribution in [1.82, 2.24) is 5.32 Å². The number of nitrogens with one attached hydrogen (secondary N) is 1. The summed E-state index contributed by atoms with van der Waals surface area (Å²) >= 11 is 0. The van der Waals surface area contributed by atoms with Crippen LogP contribution in [0.15, 0.2) is 0 Å². The van der Waals surface area contributed by atoms with Crippen molar-refractivity contribution in [3.05, 3.63) is 0 Å². The van der Waals surface area contributed by atoms with Crippen molar-refractivity contribution in [3.8, 4) is 0 Å². The molecule has 2 fully saturated rings. The van der Waals surface area contributed by atoms with E-state index >= 15 is 0 Å². The highest BCUT2D eigenvalue weighted by molar-refractivity contribution is 4.85. The average molecular weight is 283 g/mol. The smallest absolute Gasteiger partial charge is 0.0752 e. The van der Waals surface area contributed by atoms with Crippen LogP contribution in [0.1, 0.15) is 64.7 Å². The van der Waals surface area contributed by atoms with E-state index in [2.05, 4.69) is 12.2 Å². The monoisotopic (exact) mass is 283 g/mol. The first-order valence-corrected chi connectivity index (χ1v) is 8.73. The van der Waals surface area contributed by atoms with Crippen LogP contribution in [0.3, 0.4) is 0 Å². The average Bonchev–Trinajstić information content (AvgIpc) is 3.00. The van der Waals surface area contributed by atoms with Crippen molar-refractivity contribution in [2.45, 2.75) is 83.0 Å². The third-order valence-electron chi connectivity index (χ3n) is 5.07. The molecule has 0 spiro atoms. The summed E-state index contributed by atoms with van der Waals surface area (Å²) in [5, 5.41) is 3.67. The topological polar surface area (TPSA) is 30.5 Å². The Labute approximate surface area is 124 Å². The van der Waals surface area contributed by atoms with Gasteiger partial charge in [0.15, 0.2) is 0 Å². The van der Waals surface area contributed by atoms with Gasteiger partial charge in [0, 0.05) is 19.8 Å². The molecule has 0 radical (unpaired) electrons. The van der Waals surface area contributed by atoms with Crippen molar-refractivity contribution in [3.63, 3.8) is 0 Å². The molecular formula is C17H33NO2. The molecule has 0 aromatic carbocycles. The SMILES string of the molecule is CCNC(CCC1CCCO1)C(OC)C1CCCCC1. The fraction of sp³-hybridized carbons (Fsp3) is 1.00. The van der Waals surface area contributed by atoms with Crippen LogP contribution in [0.25, 0.3) is 0 Å². The molecule has 2 rings (SSSR count). The maximum Gasteiger partial charge on any atom is 0.0752 e. The lowest BCUT2D eigenvalue weighted by molar-refractivity contribution is 0.00161. The van der Waals surface area contributed by atoms with Crippen molar-refractivity contribution in [2.75, 3.05) is 20.3 Å². The third-order valence-corrected chi connectivity index (χ3v) is 5.07. The van der Waals surface area contributed by atoms with Crippen LogP contribution in [0.2, 0.25) is 0 Å². The predicted molar refractivity (Wildman–Crippen MR) is 83.0 cm³/mol. The van der Waals surface area contributed by atoms with Gasteiger partial charge < -0.3 is 14.8 Å². The Kier molecular flexibility index (Phi) is 7.32. The van der Waals surface area contributed by atoms with E-state index in [4.69, 9.17) is 9.47 Å². The summed E-state index contributed by atoms with van der Waals surface area (Å²) in [7, 11) is 1.90. The summed E-state index contributed by atoms with van der Waals surface area (Å²) in [6, 6.07) is 0.497. The van der Waals surface area contributed by atoms with E-state index in [0.717, 1.165) is 19.1 Å². The molecule has 1 aliphatic carbocycles. The van der Waals surface area contributed by atoms with E-state index in [0.29, 0.717) is 18.2 Å². The van der Waals surface area contributed by atoms with E-state index < -0.39 is 0 Å². The second-order valence-corrected chi connectivity index (χ2v) is 6.47. The van der Waals surface area contributed by atoms with Crippen LogP contribution < -0.4 is 5.32 Å². The fourth-order valence-corrected chi connectivity index (χ4v) is 4.03. The molecule has 0 amide bonds. The van der Waals surface area contributed by atoms with Gasteiger partial charge in [-0.15, -0.1) is 0 Å². The van der Waals surface area contributed by atoms with E-state index in [1.165, 1.54) is 57.8 Å². The molecule has 2 aliphatic rings. The first kappa shape index (κ1) is 16.3. The van der Waals surface area contributed by atoms with Gasteiger partial charge in [-0.25, -0.2) is 0 Å². The van der Waals surface area contributed by atoms with Gasteiger partial charge in [0.05, 0.1) is 12.2 Å². The highest BCUT2D eigenvalue weighted by Crippen LogP contribution is 2.31. The van der Waals surface area contributed by atoms with Gasteiger partial charge in [-0.3, -0.25) is 0 Å². The van der Waals surface area contributed by atoms with Crippen LogP contribution in [-0.4, -0.2) is 38.5 Å². The lowest BCUT2D eigenvalue weighted by Gasteiger charge is -2.35. The molecule has 1 saturated carbocycles. The molecule has 0 bridgehead atoms. The Morgan fingerprint density at radius 2 is 1.95 bits per heavy atom. The number of ether oxygens (including phenoxy) is 2. The molecule has 118 valence electrons. The van der Waals surface area contributed by atoms with Gasteiger partial charge in [-0.05, 0) is 51.0 Å². The summed E-state index contributed by atoms with van der Waals surface area (Å²) in [5.74, 6) is 0.752. The third kappa shape index (κ3) is 4.71. The quantitative estimate of drug-likeness (QED) is 0.739. The molecule has 1 saturated heterocycles. The number of rotatable bonds is 8. The minimum atomic E-state index is 0.386. The highest BCUT2D eigenvalue weighted by atomic mass is 16.5. The van der Waals surface area contributed by atoms with Gasteiger partial charge in [0.25, 0.3) is 0 Å². The van der Waals surface area contributed by atoms with E-state index in [1.807, 2.05) is 7.11 Å². The predicted octanol–water partition coefficient (Wildman–Crippen LogP) is 3.52. The largest absolute Gasteiger partial charge is 0.380 e. The number of likely N-dealkylation sites (N-methyl/N-ethyl adjacent to an activating group) is 1. The lowest BCUT2D eigenvalue weighted by Crippen LogP contribution is -2.46. The standard InChI is InChI=1S/C17H33NO2/c1-3-18-16(12-11-15-10-7-13-20-15)17(19-2)14-8-5-4-6-9-14/h14-18H,3-13H2,1-2H3. The van der Waals surface area contributed by atoms with E-state index in [9.17, 15) is 0 Å². The summed E-state index contributed by atoms with van der Waals surface area (Å²) in [6.07, 6.45) is 12.6. The Morgan fingerprint density at radius 3 is 2.55 bits per heavy atom. The molecular weight excluding hydrogens is 250 g/mol. The molecule has 3 heteroatoms. The van der Waals surface area contributed by atoms with Crippen molar-refractivity contribution < 1.29 is 9.47 Å². The molecule has 20 heavy (non-hydrogen) atoms. The van der Waals surface area contributed by atoms with E-state index in [1.54, 1.807) is 0 Å². The minimum absolute atomic E-state index is 0.386. The van der Waals surface area contributed by atoms with Gasteiger partial charge in [0.2, 0.25) is 0 Å². The van der Waals surface area contributed by atoms with E-state index in [-0.39, 0.29) is 0 Å². The number of methoxy groups -OCH3 is 1. The zero-order chi connectivity index (χ0) is 14.2. The van der Waals surface area contributed by atoms with Crippen LogP contribution in [0, 0.1) is 5.92 Å². The van der Waals surface area contributed by atoms with Gasteiger partial charge >= 0.3 is 0 Å². The van der Waals surface area contributed by atoms with Crippen molar-refractivity contribution in [1.29, 1.82) is 0 Å². The second-order valence-electron chi connectivity index (χ2n) is 6.47. The molecule has 1 N–H and O–H groups in total. The lowest BCUT2D eigenvalue weighted by atomic mass is 9.81. The number of hydrogen-bond donors (Lipinski definition) is 1. The molecule has 0 aromatic rings. The Bertz CT molecular complexity index is 247. The normalized spacial score (nSPS) is 27.6. The van der Waals surface area contributed by atoms with Crippen LogP contribution in [0.5, 0.6) is 0 Å². The maximum atomic E-state index is 5.92. The van der Waals surface area contributed by atoms with Crippen molar-refractivity contribution in [2.24, 2.45) is 5.92 Å². The molecule has 0 aromatic heterocycles. The number of hydrogen-bond acceptors (Lipinski definition) is 3. The molecule has 3 nitrogen and oxygen atoms in total. The Hall–Kier alpha value is -0.120. The molecule has 3 atom stereocenters. The molecule has 1 heterocycles. The second kappa shape index (κ2) is 9.01. The highest BCUT2D eigenvalue weighted by Gasteiger charge is 2.30. The summed E-state index contributed by atoms with van der Waals surface area (Å²) in [4.78, 5) is 0. The summed E-state index contributed by atoms with van der Waals surface area (Å²) in [6.45, 7) is 4.20. The summed E-state index contributed by atoms with van der Waals surface area (Å²) in [5.41, 5.74) is 0.